The van der Waals surface area contributed by atoms with Crippen LogP contribution in [0.15, 0.2) is 30.1 Å². The monoisotopic (exact) mass is 326 g/mol. The molecule has 1 aliphatic rings. The van der Waals surface area contributed by atoms with Gasteiger partial charge in [0.2, 0.25) is 0 Å². The molecule has 6 nitrogen and oxygen atoms in total. The second-order valence-electron chi connectivity index (χ2n) is 6.64. The summed E-state index contributed by atoms with van der Waals surface area (Å²) in [5.41, 5.74) is 3.46. The zero-order chi connectivity index (χ0) is 17.1. The average molecular weight is 326 g/mol. The third kappa shape index (κ3) is 3.82. The summed E-state index contributed by atoms with van der Waals surface area (Å²) in [6, 6.07) is 4.09. The SMILES string of the molecule is CC(C)=CCN1CCN(c2cc(-n3nc(C)cc3C)ncn2)CC1. The zero-order valence-electron chi connectivity index (χ0n) is 15.0. The lowest BCUT2D eigenvalue weighted by atomic mass is 10.2. The smallest absolute Gasteiger partial charge is 0.159 e. The van der Waals surface area contributed by atoms with Crippen molar-refractivity contribution < 1.29 is 0 Å². The summed E-state index contributed by atoms with van der Waals surface area (Å²) in [5.74, 6) is 1.81. The normalized spacial score (nSPS) is 15.6. The largest absolute Gasteiger partial charge is 0.354 e. The van der Waals surface area contributed by atoms with E-state index in [2.05, 4.69) is 50.9 Å². The molecule has 0 aliphatic carbocycles. The molecule has 0 amide bonds. The van der Waals surface area contributed by atoms with E-state index in [1.54, 1.807) is 6.33 Å². The van der Waals surface area contributed by atoms with Gasteiger partial charge in [-0.25, -0.2) is 14.6 Å². The molecule has 6 heteroatoms. The van der Waals surface area contributed by atoms with Crippen molar-refractivity contribution in [3.05, 3.63) is 41.5 Å². The fourth-order valence-electron chi connectivity index (χ4n) is 2.96. The number of anilines is 1. The van der Waals surface area contributed by atoms with Crippen LogP contribution >= 0.6 is 0 Å². The van der Waals surface area contributed by atoms with Crippen molar-refractivity contribution in [1.82, 2.24) is 24.6 Å². The first-order valence-electron chi connectivity index (χ1n) is 8.49. The maximum Gasteiger partial charge on any atom is 0.159 e. The molecule has 2 aromatic heterocycles. The van der Waals surface area contributed by atoms with Gasteiger partial charge in [-0.2, -0.15) is 5.10 Å². The molecule has 0 atom stereocenters. The van der Waals surface area contributed by atoms with Crippen LogP contribution in [-0.2, 0) is 0 Å². The number of nitrogens with zero attached hydrogens (tertiary/aromatic N) is 6. The number of aryl methyl sites for hydroxylation is 2. The highest BCUT2D eigenvalue weighted by molar-refractivity contribution is 5.44. The van der Waals surface area contributed by atoms with Crippen LogP contribution in [-0.4, -0.2) is 57.4 Å². The van der Waals surface area contributed by atoms with Gasteiger partial charge < -0.3 is 4.90 Å². The summed E-state index contributed by atoms with van der Waals surface area (Å²) in [6.45, 7) is 13.5. The van der Waals surface area contributed by atoms with E-state index >= 15 is 0 Å². The molecular weight excluding hydrogens is 300 g/mol. The molecule has 1 saturated heterocycles. The van der Waals surface area contributed by atoms with Gasteiger partial charge >= 0.3 is 0 Å². The molecule has 0 unspecified atom stereocenters. The van der Waals surface area contributed by atoms with Gasteiger partial charge in [0, 0.05) is 44.5 Å². The number of piperazine rings is 1. The Balaban J connectivity index is 1.69. The molecule has 0 aromatic carbocycles. The number of hydrogen-bond acceptors (Lipinski definition) is 5. The average Bonchev–Trinajstić information content (AvgIpc) is 2.92. The van der Waals surface area contributed by atoms with Gasteiger partial charge in [-0.15, -0.1) is 0 Å². The lowest BCUT2D eigenvalue weighted by molar-refractivity contribution is 0.283. The standard InChI is InChI=1S/C18H26N6/c1-14(2)5-6-22-7-9-23(10-8-22)17-12-18(20-13-19-17)24-16(4)11-15(3)21-24/h5,11-13H,6-10H2,1-4H3. The van der Waals surface area contributed by atoms with Gasteiger partial charge in [0.15, 0.2) is 5.82 Å². The molecule has 1 aliphatic heterocycles. The minimum atomic E-state index is 0.831. The summed E-state index contributed by atoms with van der Waals surface area (Å²) < 4.78 is 1.88. The lowest BCUT2D eigenvalue weighted by Gasteiger charge is -2.35. The van der Waals surface area contributed by atoms with Crippen LogP contribution in [0, 0.1) is 13.8 Å². The Kier molecular flexibility index (Phi) is 4.94. The van der Waals surface area contributed by atoms with E-state index in [0.29, 0.717) is 0 Å². The Labute approximate surface area is 143 Å². The predicted molar refractivity (Wildman–Crippen MR) is 96.7 cm³/mol. The molecule has 0 N–H and O–H groups in total. The maximum absolute atomic E-state index is 4.51. The third-order valence-electron chi connectivity index (χ3n) is 4.32. The Morgan fingerprint density at radius 2 is 1.75 bits per heavy atom. The van der Waals surface area contributed by atoms with Crippen LogP contribution in [0.3, 0.4) is 0 Å². The van der Waals surface area contributed by atoms with Crippen LogP contribution in [0.25, 0.3) is 5.82 Å². The molecule has 0 radical (unpaired) electrons. The van der Waals surface area contributed by atoms with Crippen molar-refractivity contribution in [2.75, 3.05) is 37.6 Å². The van der Waals surface area contributed by atoms with Crippen molar-refractivity contribution in [3.63, 3.8) is 0 Å². The second kappa shape index (κ2) is 7.13. The Hall–Kier alpha value is -2.21. The molecule has 1 fully saturated rings. The van der Waals surface area contributed by atoms with Crippen LogP contribution in [0.2, 0.25) is 0 Å². The first-order chi connectivity index (χ1) is 11.5. The fraction of sp³-hybridized carbons (Fsp3) is 0.500. The van der Waals surface area contributed by atoms with E-state index in [-0.39, 0.29) is 0 Å². The van der Waals surface area contributed by atoms with E-state index < -0.39 is 0 Å². The molecule has 128 valence electrons. The first-order valence-corrected chi connectivity index (χ1v) is 8.49. The first kappa shape index (κ1) is 16.6. The summed E-state index contributed by atoms with van der Waals surface area (Å²) in [5, 5.41) is 4.51. The number of rotatable bonds is 4. The highest BCUT2D eigenvalue weighted by atomic mass is 15.3. The van der Waals surface area contributed by atoms with Gasteiger partial charge in [0.05, 0.1) is 5.69 Å². The number of allylic oxidation sites excluding steroid dienone is 1. The van der Waals surface area contributed by atoms with Gasteiger partial charge in [0.25, 0.3) is 0 Å². The molecule has 3 heterocycles. The number of hydrogen-bond donors (Lipinski definition) is 0. The Morgan fingerprint density at radius 3 is 2.38 bits per heavy atom. The van der Waals surface area contributed by atoms with Crippen molar-refractivity contribution in [2.45, 2.75) is 27.7 Å². The van der Waals surface area contributed by atoms with E-state index in [1.807, 2.05) is 24.6 Å². The zero-order valence-corrected chi connectivity index (χ0v) is 15.0. The van der Waals surface area contributed by atoms with Crippen molar-refractivity contribution >= 4 is 5.82 Å². The summed E-state index contributed by atoms with van der Waals surface area (Å²) in [4.78, 5) is 13.7. The predicted octanol–water partition coefficient (Wildman–Crippen LogP) is 2.37. The van der Waals surface area contributed by atoms with Gasteiger partial charge in [-0.3, -0.25) is 4.90 Å². The molecule has 0 bridgehead atoms. The molecule has 3 rings (SSSR count). The van der Waals surface area contributed by atoms with Crippen LogP contribution in [0.1, 0.15) is 25.2 Å². The topological polar surface area (TPSA) is 50.1 Å². The summed E-state index contributed by atoms with van der Waals surface area (Å²) in [6.07, 6.45) is 3.93. The van der Waals surface area contributed by atoms with Crippen LogP contribution < -0.4 is 4.90 Å². The van der Waals surface area contributed by atoms with E-state index in [9.17, 15) is 0 Å². The highest BCUT2D eigenvalue weighted by Gasteiger charge is 2.18. The van der Waals surface area contributed by atoms with Gasteiger partial charge in [-0.05, 0) is 33.8 Å². The van der Waals surface area contributed by atoms with Crippen molar-refractivity contribution in [1.29, 1.82) is 0 Å². The summed E-state index contributed by atoms with van der Waals surface area (Å²) in [7, 11) is 0. The fourth-order valence-corrected chi connectivity index (χ4v) is 2.96. The van der Waals surface area contributed by atoms with E-state index in [0.717, 1.165) is 55.7 Å². The van der Waals surface area contributed by atoms with Crippen molar-refractivity contribution in [2.24, 2.45) is 0 Å². The summed E-state index contributed by atoms with van der Waals surface area (Å²) >= 11 is 0. The minimum absolute atomic E-state index is 0.831. The molecule has 24 heavy (non-hydrogen) atoms. The maximum atomic E-state index is 4.51. The molecular formula is C18H26N6. The van der Waals surface area contributed by atoms with E-state index in [4.69, 9.17) is 0 Å². The van der Waals surface area contributed by atoms with Gasteiger partial charge in [0.1, 0.15) is 12.1 Å². The van der Waals surface area contributed by atoms with E-state index in [1.165, 1.54) is 5.57 Å². The Bertz CT molecular complexity index is 721. The quantitative estimate of drug-likeness (QED) is 0.807. The number of aromatic nitrogens is 4. The molecule has 0 saturated carbocycles. The Morgan fingerprint density at radius 1 is 1.04 bits per heavy atom. The lowest BCUT2D eigenvalue weighted by Crippen LogP contribution is -2.46. The highest BCUT2D eigenvalue weighted by Crippen LogP contribution is 2.17. The molecule has 2 aromatic rings. The van der Waals surface area contributed by atoms with Crippen LogP contribution in [0.5, 0.6) is 0 Å². The third-order valence-corrected chi connectivity index (χ3v) is 4.32. The molecule has 0 spiro atoms. The van der Waals surface area contributed by atoms with Gasteiger partial charge in [-0.1, -0.05) is 11.6 Å². The minimum Gasteiger partial charge on any atom is -0.354 e. The van der Waals surface area contributed by atoms with Crippen LogP contribution in [0.4, 0.5) is 5.82 Å². The second-order valence-corrected chi connectivity index (χ2v) is 6.64. The van der Waals surface area contributed by atoms with Crippen molar-refractivity contribution in [3.8, 4) is 5.82 Å².